The van der Waals surface area contributed by atoms with E-state index in [2.05, 4.69) is 0 Å². The zero-order chi connectivity index (χ0) is 14.1. The molecule has 1 atom stereocenters. The van der Waals surface area contributed by atoms with Gasteiger partial charge in [0.1, 0.15) is 6.61 Å². The molecule has 0 saturated carbocycles. The molecule has 104 valence electrons. The van der Waals surface area contributed by atoms with Crippen LogP contribution in [-0.4, -0.2) is 53.9 Å². The largest absolute Gasteiger partial charge is 0.480 e. The highest BCUT2D eigenvalue weighted by Crippen LogP contribution is 2.34. The number of carbonyl (C=O) groups is 2. The third-order valence-corrected chi connectivity index (χ3v) is 2.79. The van der Waals surface area contributed by atoms with Crippen LogP contribution in [0.5, 0.6) is 0 Å². The van der Waals surface area contributed by atoms with Crippen molar-refractivity contribution in [3.8, 4) is 0 Å². The smallest absolute Gasteiger partial charge is 0.471 e. The van der Waals surface area contributed by atoms with Crippen LogP contribution in [0.1, 0.15) is 13.8 Å². The molecule has 0 radical (unpaired) electrons. The first kappa shape index (κ1) is 14.7. The lowest BCUT2D eigenvalue weighted by Crippen LogP contribution is -2.40. The number of nitrogens with zero attached hydrogens (tertiary/aromatic N) is 1. The number of carboxylic acids is 1. The van der Waals surface area contributed by atoms with Gasteiger partial charge in [0.2, 0.25) is 0 Å². The molecule has 0 aromatic rings. The van der Waals surface area contributed by atoms with E-state index in [4.69, 9.17) is 9.84 Å². The fourth-order valence-corrected chi connectivity index (χ4v) is 1.89. The Morgan fingerprint density at radius 2 is 2.00 bits per heavy atom. The standard InChI is InChI=1S/C10H14F3NO4/c1-9(2)5-14(8(17)10(11,12)13)3-6(9)18-4-7(15)16/h6H,3-5H2,1-2H3,(H,15,16). The summed E-state index contributed by atoms with van der Waals surface area (Å²) in [6, 6.07) is 0. The molecule has 1 rings (SSSR count). The fraction of sp³-hybridized carbons (Fsp3) is 0.800. The van der Waals surface area contributed by atoms with Gasteiger partial charge in [-0.1, -0.05) is 13.8 Å². The number of aliphatic carboxylic acids is 1. The van der Waals surface area contributed by atoms with E-state index in [9.17, 15) is 22.8 Å². The SMILES string of the molecule is CC1(C)CN(C(=O)C(F)(F)F)CC1OCC(=O)O. The van der Waals surface area contributed by atoms with E-state index in [0.29, 0.717) is 4.90 Å². The Kier molecular flexibility index (Phi) is 3.89. The van der Waals surface area contributed by atoms with E-state index < -0.39 is 36.2 Å². The van der Waals surface area contributed by atoms with E-state index in [1.54, 1.807) is 13.8 Å². The van der Waals surface area contributed by atoms with Gasteiger partial charge in [-0.15, -0.1) is 0 Å². The zero-order valence-corrected chi connectivity index (χ0v) is 9.95. The van der Waals surface area contributed by atoms with E-state index >= 15 is 0 Å². The maximum atomic E-state index is 12.3. The molecule has 1 aliphatic rings. The molecule has 1 heterocycles. The normalized spacial score (nSPS) is 23.2. The van der Waals surface area contributed by atoms with Crippen molar-refractivity contribution < 1.29 is 32.6 Å². The Balaban J connectivity index is 2.69. The van der Waals surface area contributed by atoms with Crippen LogP contribution in [0, 0.1) is 5.41 Å². The summed E-state index contributed by atoms with van der Waals surface area (Å²) in [6.07, 6.45) is -5.64. The van der Waals surface area contributed by atoms with Gasteiger partial charge < -0.3 is 14.7 Å². The monoisotopic (exact) mass is 269 g/mol. The van der Waals surface area contributed by atoms with Gasteiger partial charge in [-0.25, -0.2) is 4.79 Å². The number of carbonyl (C=O) groups excluding carboxylic acids is 1. The number of rotatable bonds is 3. The lowest BCUT2D eigenvalue weighted by molar-refractivity contribution is -0.184. The predicted octanol–water partition coefficient (Wildman–Crippen LogP) is 0.887. The number of ether oxygens (including phenoxy) is 1. The first-order valence-electron chi connectivity index (χ1n) is 5.23. The summed E-state index contributed by atoms with van der Waals surface area (Å²) in [5.74, 6) is -3.12. The molecule has 0 aliphatic carbocycles. The highest BCUT2D eigenvalue weighted by Gasteiger charge is 2.50. The van der Waals surface area contributed by atoms with Crippen molar-refractivity contribution in [1.29, 1.82) is 0 Å². The second-order valence-electron chi connectivity index (χ2n) is 4.87. The molecule has 1 amide bonds. The van der Waals surface area contributed by atoms with Crippen molar-refractivity contribution in [1.82, 2.24) is 4.90 Å². The third kappa shape index (κ3) is 3.34. The molecule has 1 saturated heterocycles. The molecule has 0 spiro atoms. The number of amides is 1. The Hall–Kier alpha value is -1.31. The molecule has 1 unspecified atom stereocenters. The molecule has 8 heteroatoms. The van der Waals surface area contributed by atoms with Gasteiger partial charge >= 0.3 is 18.1 Å². The summed E-state index contributed by atoms with van der Waals surface area (Å²) in [5.41, 5.74) is -0.712. The van der Waals surface area contributed by atoms with Gasteiger partial charge in [-0.05, 0) is 0 Å². The van der Waals surface area contributed by atoms with Gasteiger partial charge in [0, 0.05) is 18.5 Å². The molecular weight excluding hydrogens is 255 g/mol. The summed E-state index contributed by atoms with van der Waals surface area (Å²) >= 11 is 0. The van der Waals surface area contributed by atoms with E-state index in [-0.39, 0.29) is 13.1 Å². The van der Waals surface area contributed by atoms with Crippen LogP contribution in [0.3, 0.4) is 0 Å². The van der Waals surface area contributed by atoms with E-state index in [1.165, 1.54) is 0 Å². The minimum absolute atomic E-state index is 0.115. The lowest BCUT2D eigenvalue weighted by atomic mass is 9.90. The second-order valence-corrected chi connectivity index (χ2v) is 4.87. The highest BCUT2D eigenvalue weighted by atomic mass is 19.4. The molecule has 0 bridgehead atoms. The fourth-order valence-electron chi connectivity index (χ4n) is 1.89. The first-order chi connectivity index (χ1) is 8.04. The van der Waals surface area contributed by atoms with Crippen molar-refractivity contribution in [2.24, 2.45) is 5.41 Å². The van der Waals surface area contributed by atoms with Gasteiger partial charge in [0.15, 0.2) is 0 Å². The number of carboxylic acid groups (broad SMARTS) is 1. The molecule has 0 aromatic carbocycles. The van der Waals surface area contributed by atoms with Crippen molar-refractivity contribution >= 4 is 11.9 Å². The second kappa shape index (κ2) is 4.75. The number of halogens is 3. The van der Waals surface area contributed by atoms with Crippen LogP contribution in [0.15, 0.2) is 0 Å². The van der Waals surface area contributed by atoms with Crippen LogP contribution in [0.2, 0.25) is 0 Å². The van der Waals surface area contributed by atoms with Crippen molar-refractivity contribution in [2.75, 3.05) is 19.7 Å². The Bertz CT molecular complexity index is 354. The summed E-state index contributed by atoms with van der Waals surface area (Å²) in [7, 11) is 0. The molecule has 0 aromatic heterocycles. The van der Waals surface area contributed by atoms with Crippen molar-refractivity contribution in [3.05, 3.63) is 0 Å². The highest BCUT2D eigenvalue weighted by molar-refractivity contribution is 5.82. The van der Waals surface area contributed by atoms with Crippen LogP contribution in [0.4, 0.5) is 13.2 Å². The van der Waals surface area contributed by atoms with Crippen molar-refractivity contribution in [2.45, 2.75) is 26.1 Å². The summed E-state index contributed by atoms with van der Waals surface area (Å²) in [6.45, 7) is 2.29. The summed E-state index contributed by atoms with van der Waals surface area (Å²) in [4.78, 5) is 22.1. The third-order valence-electron chi connectivity index (χ3n) is 2.79. The molecule has 1 aliphatic heterocycles. The average Bonchev–Trinajstić information content (AvgIpc) is 2.48. The lowest BCUT2D eigenvalue weighted by Gasteiger charge is -2.24. The minimum Gasteiger partial charge on any atom is -0.480 e. The van der Waals surface area contributed by atoms with Crippen LogP contribution >= 0.6 is 0 Å². The molecule has 1 fully saturated rings. The number of hydrogen-bond donors (Lipinski definition) is 1. The van der Waals surface area contributed by atoms with Crippen LogP contribution in [0.25, 0.3) is 0 Å². The van der Waals surface area contributed by atoms with Gasteiger partial charge in [-0.3, -0.25) is 4.79 Å². The van der Waals surface area contributed by atoms with E-state index in [0.717, 1.165) is 0 Å². The zero-order valence-electron chi connectivity index (χ0n) is 9.95. The minimum atomic E-state index is -4.92. The molecular formula is C10H14F3NO4. The quantitative estimate of drug-likeness (QED) is 0.826. The Morgan fingerprint density at radius 1 is 1.44 bits per heavy atom. The summed E-state index contributed by atoms with van der Waals surface area (Å²) < 4.78 is 41.8. The Morgan fingerprint density at radius 3 is 2.44 bits per heavy atom. The van der Waals surface area contributed by atoms with Gasteiger partial charge in [0.05, 0.1) is 6.10 Å². The molecule has 18 heavy (non-hydrogen) atoms. The maximum absolute atomic E-state index is 12.3. The first-order valence-corrected chi connectivity index (χ1v) is 5.23. The summed E-state index contributed by atoms with van der Waals surface area (Å²) in [5, 5.41) is 8.46. The number of alkyl halides is 3. The van der Waals surface area contributed by atoms with Crippen LogP contribution in [-0.2, 0) is 14.3 Å². The Labute approximate surface area is 102 Å². The topological polar surface area (TPSA) is 66.8 Å². The number of likely N-dealkylation sites (tertiary alicyclic amines) is 1. The van der Waals surface area contributed by atoms with Gasteiger partial charge in [-0.2, -0.15) is 13.2 Å². The number of hydrogen-bond acceptors (Lipinski definition) is 3. The average molecular weight is 269 g/mol. The molecule has 1 N–H and O–H groups in total. The van der Waals surface area contributed by atoms with Gasteiger partial charge in [0.25, 0.3) is 0 Å². The van der Waals surface area contributed by atoms with Crippen molar-refractivity contribution in [3.63, 3.8) is 0 Å². The van der Waals surface area contributed by atoms with E-state index in [1.807, 2.05) is 0 Å². The van der Waals surface area contributed by atoms with Crippen LogP contribution < -0.4 is 0 Å². The predicted molar refractivity (Wildman–Crippen MR) is 53.8 cm³/mol. The maximum Gasteiger partial charge on any atom is 0.471 e. The molecule has 5 nitrogen and oxygen atoms in total.